The van der Waals surface area contributed by atoms with E-state index in [-0.39, 0.29) is 0 Å². The van der Waals surface area contributed by atoms with Gasteiger partial charge >= 0.3 is 0 Å². The van der Waals surface area contributed by atoms with E-state index in [2.05, 4.69) is 61.9 Å². The summed E-state index contributed by atoms with van der Waals surface area (Å²) in [6, 6.07) is 0. The molecule has 1 aliphatic rings. The zero-order chi connectivity index (χ0) is 13.3. The fourth-order valence-corrected chi connectivity index (χ4v) is 2.01. The molecule has 4 heteroatoms. The summed E-state index contributed by atoms with van der Waals surface area (Å²) >= 11 is 0. The summed E-state index contributed by atoms with van der Waals surface area (Å²) in [6.45, 7) is 6.10. The average Bonchev–Trinajstić information content (AvgIpc) is 2.13. The minimum absolute atomic E-state index is 1.03. The second kappa shape index (κ2) is 9.83. The van der Waals surface area contributed by atoms with Crippen LogP contribution in [0.25, 0.3) is 0 Å². The van der Waals surface area contributed by atoms with Crippen LogP contribution in [0.1, 0.15) is 12.8 Å². The fraction of sp³-hybridized carbons (Fsp3) is 1.00. The molecule has 0 aliphatic carbocycles. The van der Waals surface area contributed by atoms with Crippen molar-refractivity contribution in [3.8, 4) is 0 Å². The van der Waals surface area contributed by atoms with E-state index in [4.69, 9.17) is 0 Å². The highest BCUT2D eigenvalue weighted by Crippen LogP contribution is 1.98. The fourth-order valence-electron chi connectivity index (χ4n) is 2.01. The number of hydrogen-bond donors (Lipinski definition) is 0. The zero-order valence-electron chi connectivity index (χ0n) is 12.7. The van der Waals surface area contributed by atoms with Gasteiger partial charge in [0.25, 0.3) is 0 Å². The smallest absolute Gasteiger partial charge is 0.0495 e. The molecule has 0 bridgehead atoms. The SMILES string of the molecule is CN(C)CN(C)C.CN1CCCN(C)CCC1. The molecule has 1 saturated heterocycles. The molecule has 1 heterocycles. The van der Waals surface area contributed by atoms with Crippen LogP contribution in [-0.2, 0) is 0 Å². The van der Waals surface area contributed by atoms with Crippen molar-refractivity contribution < 1.29 is 0 Å². The van der Waals surface area contributed by atoms with Crippen molar-refractivity contribution in [1.29, 1.82) is 0 Å². The van der Waals surface area contributed by atoms with E-state index in [1.807, 2.05) is 0 Å². The summed E-state index contributed by atoms with van der Waals surface area (Å²) in [7, 11) is 12.6. The normalized spacial score (nSPS) is 19.8. The van der Waals surface area contributed by atoms with Crippen LogP contribution in [0.2, 0.25) is 0 Å². The van der Waals surface area contributed by atoms with Gasteiger partial charge < -0.3 is 9.80 Å². The van der Waals surface area contributed by atoms with Crippen molar-refractivity contribution in [3.63, 3.8) is 0 Å². The Morgan fingerprint density at radius 1 is 0.706 bits per heavy atom. The number of rotatable bonds is 2. The van der Waals surface area contributed by atoms with Crippen molar-refractivity contribution in [3.05, 3.63) is 0 Å². The Hall–Kier alpha value is -0.160. The molecule has 0 aromatic heterocycles. The van der Waals surface area contributed by atoms with Gasteiger partial charge in [0.1, 0.15) is 0 Å². The van der Waals surface area contributed by atoms with E-state index in [9.17, 15) is 0 Å². The predicted octanol–water partition coefficient (Wildman–Crippen LogP) is 0.711. The van der Waals surface area contributed by atoms with E-state index in [0.717, 1.165) is 6.67 Å². The Morgan fingerprint density at radius 2 is 1.00 bits per heavy atom. The standard InChI is InChI=1S/C8H18N2.C5H14N2/c1-9-5-3-7-10(2)8-4-6-9;1-6(2)5-7(3)4/h3-8H2,1-2H3;5H2,1-4H3. The molecule has 0 aromatic carbocycles. The minimum atomic E-state index is 1.03. The number of nitrogens with zero attached hydrogens (tertiary/aromatic N) is 4. The van der Waals surface area contributed by atoms with Gasteiger partial charge in [0.2, 0.25) is 0 Å². The van der Waals surface area contributed by atoms with Crippen molar-refractivity contribution in [1.82, 2.24) is 19.6 Å². The summed E-state index contributed by atoms with van der Waals surface area (Å²) in [5, 5.41) is 0. The molecule has 0 N–H and O–H groups in total. The van der Waals surface area contributed by atoms with Crippen LogP contribution in [-0.4, -0.2) is 94.7 Å². The zero-order valence-corrected chi connectivity index (χ0v) is 12.7. The van der Waals surface area contributed by atoms with Crippen LogP contribution in [0.15, 0.2) is 0 Å². The maximum Gasteiger partial charge on any atom is 0.0495 e. The summed E-state index contributed by atoms with van der Waals surface area (Å²) in [5.41, 5.74) is 0. The molecular weight excluding hydrogens is 212 g/mol. The largest absolute Gasteiger partial charge is 0.306 e. The Morgan fingerprint density at radius 3 is 1.18 bits per heavy atom. The molecule has 1 fully saturated rings. The lowest BCUT2D eigenvalue weighted by molar-refractivity contribution is 0.229. The third kappa shape index (κ3) is 12.1. The van der Waals surface area contributed by atoms with E-state index >= 15 is 0 Å². The van der Waals surface area contributed by atoms with Crippen molar-refractivity contribution in [2.24, 2.45) is 0 Å². The first-order chi connectivity index (χ1) is 7.91. The second-order valence-corrected chi connectivity index (χ2v) is 5.61. The van der Waals surface area contributed by atoms with Gasteiger partial charge in [0.05, 0.1) is 0 Å². The van der Waals surface area contributed by atoms with E-state index < -0.39 is 0 Å². The molecule has 0 amide bonds. The van der Waals surface area contributed by atoms with E-state index in [1.165, 1.54) is 39.0 Å². The molecule has 1 rings (SSSR count). The lowest BCUT2D eigenvalue weighted by Gasteiger charge is -2.24. The van der Waals surface area contributed by atoms with Crippen molar-refractivity contribution >= 4 is 0 Å². The van der Waals surface area contributed by atoms with Gasteiger partial charge in [-0.2, -0.15) is 0 Å². The van der Waals surface area contributed by atoms with Crippen LogP contribution >= 0.6 is 0 Å². The molecule has 104 valence electrons. The molecule has 4 nitrogen and oxygen atoms in total. The Kier molecular flexibility index (Phi) is 9.74. The highest BCUT2D eigenvalue weighted by Gasteiger charge is 2.05. The minimum Gasteiger partial charge on any atom is -0.306 e. The summed E-state index contributed by atoms with van der Waals surface area (Å²) in [6.07, 6.45) is 2.65. The lowest BCUT2D eigenvalue weighted by atomic mass is 10.3. The summed E-state index contributed by atoms with van der Waals surface area (Å²) in [4.78, 5) is 9.10. The monoisotopic (exact) mass is 244 g/mol. The van der Waals surface area contributed by atoms with Gasteiger partial charge in [-0.15, -0.1) is 0 Å². The van der Waals surface area contributed by atoms with Gasteiger partial charge in [0.15, 0.2) is 0 Å². The molecule has 17 heavy (non-hydrogen) atoms. The van der Waals surface area contributed by atoms with E-state index in [1.54, 1.807) is 0 Å². The van der Waals surface area contributed by atoms with Gasteiger partial charge in [-0.3, -0.25) is 9.80 Å². The average molecular weight is 244 g/mol. The predicted molar refractivity (Wildman–Crippen MR) is 76.5 cm³/mol. The first kappa shape index (κ1) is 16.8. The second-order valence-electron chi connectivity index (χ2n) is 5.61. The first-order valence-corrected chi connectivity index (χ1v) is 6.58. The number of hydrogen-bond acceptors (Lipinski definition) is 4. The van der Waals surface area contributed by atoms with E-state index in [0.29, 0.717) is 0 Å². The molecule has 0 atom stereocenters. The van der Waals surface area contributed by atoms with Gasteiger partial charge in [-0.25, -0.2) is 0 Å². The quantitative estimate of drug-likeness (QED) is 0.663. The molecule has 0 spiro atoms. The lowest BCUT2D eigenvalue weighted by Crippen LogP contribution is -2.32. The Labute approximate surface area is 108 Å². The highest BCUT2D eigenvalue weighted by atomic mass is 15.2. The van der Waals surface area contributed by atoms with Gasteiger partial charge in [0, 0.05) is 6.67 Å². The van der Waals surface area contributed by atoms with Crippen molar-refractivity contribution in [2.45, 2.75) is 12.8 Å². The molecule has 0 unspecified atom stereocenters. The molecule has 0 saturated carbocycles. The van der Waals surface area contributed by atoms with Gasteiger partial charge in [-0.05, 0) is 81.3 Å². The van der Waals surface area contributed by atoms with Crippen molar-refractivity contribution in [2.75, 3.05) is 75.1 Å². The van der Waals surface area contributed by atoms with Crippen LogP contribution < -0.4 is 0 Å². The highest BCUT2D eigenvalue weighted by molar-refractivity contribution is 4.61. The molecular formula is C13H32N4. The first-order valence-electron chi connectivity index (χ1n) is 6.58. The third-order valence-electron chi connectivity index (χ3n) is 2.73. The Balaban J connectivity index is 0.000000325. The maximum atomic E-state index is 2.42. The van der Waals surface area contributed by atoms with Crippen LogP contribution in [0, 0.1) is 0 Å². The molecule has 0 aromatic rings. The van der Waals surface area contributed by atoms with Gasteiger partial charge in [-0.1, -0.05) is 0 Å². The van der Waals surface area contributed by atoms with Crippen LogP contribution in [0.4, 0.5) is 0 Å². The Bertz CT molecular complexity index is 145. The summed E-state index contributed by atoms with van der Waals surface area (Å²) < 4.78 is 0. The molecule has 0 radical (unpaired) electrons. The maximum absolute atomic E-state index is 2.42. The van der Waals surface area contributed by atoms with Crippen LogP contribution in [0.3, 0.4) is 0 Å². The summed E-state index contributed by atoms with van der Waals surface area (Å²) in [5.74, 6) is 0. The van der Waals surface area contributed by atoms with Crippen LogP contribution in [0.5, 0.6) is 0 Å². The topological polar surface area (TPSA) is 13.0 Å². The molecule has 1 aliphatic heterocycles. The third-order valence-corrected chi connectivity index (χ3v) is 2.73.